The highest BCUT2D eigenvalue weighted by molar-refractivity contribution is 7.91. The lowest BCUT2D eigenvalue weighted by Gasteiger charge is -2.34. The zero-order valence-corrected chi connectivity index (χ0v) is 21.7. The summed E-state index contributed by atoms with van der Waals surface area (Å²) in [7, 11) is -3.34. The molecule has 0 saturated carbocycles. The minimum atomic E-state index is -3.34. The number of nitrogens with zero attached hydrogens (tertiary/aromatic N) is 3. The molecule has 2 aromatic rings. The number of amides is 2. The van der Waals surface area contributed by atoms with Crippen molar-refractivity contribution >= 4 is 33.2 Å². The van der Waals surface area contributed by atoms with E-state index in [0.29, 0.717) is 56.0 Å². The molecule has 8 nitrogen and oxygen atoms in total. The van der Waals surface area contributed by atoms with Gasteiger partial charge in [0.15, 0.2) is 9.84 Å². The van der Waals surface area contributed by atoms with Crippen LogP contribution in [0, 0.1) is 0 Å². The summed E-state index contributed by atoms with van der Waals surface area (Å²) in [4.78, 5) is 30.1. The Kier molecular flexibility index (Phi) is 8.18. The van der Waals surface area contributed by atoms with Gasteiger partial charge in [0, 0.05) is 49.7 Å². The first-order valence-electron chi connectivity index (χ1n) is 12.8. The molecule has 36 heavy (non-hydrogen) atoms. The summed E-state index contributed by atoms with van der Waals surface area (Å²) in [5, 5.41) is 9.17. The van der Waals surface area contributed by atoms with Crippen LogP contribution in [0.15, 0.2) is 47.4 Å². The van der Waals surface area contributed by atoms with Crippen LogP contribution in [0.4, 0.5) is 16.2 Å². The van der Waals surface area contributed by atoms with Gasteiger partial charge >= 0.3 is 6.09 Å². The molecule has 1 saturated heterocycles. The van der Waals surface area contributed by atoms with Gasteiger partial charge in [0.05, 0.1) is 10.6 Å². The summed E-state index contributed by atoms with van der Waals surface area (Å²) in [6.45, 7) is 4.65. The fraction of sp³-hybridized carbons (Fsp3) is 0.481. The first kappa shape index (κ1) is 26.0. The fourth-order valence-corrected chi connectivity index (χ4v) is 6.36. The monoisotopic (exact) mass is 513 g/mol. The Morgan fingerprint density at radius 1 is 0.917 bits per heavy atom. The van der Waals surface area contributed by atoms with Crippen LogP contribution in [0.3, 0.4) is 0 Å². The molecule has 0 aliphatic carbocycles. The molecular formula is C27H35N3O5S. The molecule has 2 aliphatic heterocycles. The van der Waals surface area contributed by atoms with Crippen molar-refractivity contribution in [3.8, 4) is 0 Å². The van der Waals surface area contributed by atoms with Crippen molar-refractivity contribution in [1.82, 2.24) is 4.90 Å². The number of carbonyl (C=O) groups is 2. The number of carbonyl (C=O) groups excluding carboxylic acids is 1. The molecule has 2 aromatic carbocycles. The van der Waals surface area contributed by atoms with E-state index in [-0.39, 0.29) is 11.7 Å². The Bertz CT molecular complexity index is 1210. The molecule has 0 aromatic heterocycles. The van der Waals surface area contributed by atoms with Gasteiger partial charge in [-0.25, -0.2) is 13.2 Å². The Morgan fingerprint density at radius 3 is 2.39 bits per heavy atom. The lowest BCUT2D eigenvalue weighted by Crippen LogP contribution is -2.48. The topological polar surface area (TPSA) is 98.2 Å². The number of carboxylic acid groups (broad SMARTS) is 1. The highest BCUT2D eigenvalue weighted by Crippen LogP contribution is 2.32. The molecule has 0 atom stereocenters. The summed E-state index contributed by atoms with van der Waals surface area (Å²) in [6, 6.07) is 12.6. The van der Waals surface area contributed by atoms with Crippen molar-refractivity contribution in [3.05, 3.63) is 53.6 Å². The number of rotatable bonds is 9. The molecule has 2 amide bonds. The van der Waals surface area contributed by atoms with Crippen LogP contribution < -0.4 is 9.80 Å². The molecule has 0 radical (unpaired) electrons. The van der Waals surface area contributed by atoms with Crippen molar-refractivity contribution in [1.29, 1.82) is 0 Å². The quantitative estimate of drug-likeness (QED) is 0.498. The number of hydrogen-bond acceptors (Lipinski definition) is 5. The highest BCUT2D eigenvalue weighted by Gasteiger charge is 2.28. The van der Waals surface area contributed by atoms with Crippen LogP contribution in [0.25, 0.3) is 0 Å². The predicted octanol–water partition coefficient (Wildman–Crippen LogP) is 4.43. The number of sulfone groups is 1. The number of hydrogen-bond donors (Lipinski definition) is 1. The Balaban J connectivity index is 1.43. The number of benzene rings is 2. The first-order chi connectivity index (χ1) is 17.3. The van der Waals surface area contributed by atoms with E-state index in [9.17, 15) is 18.0 Å². The van der Waals surface area contributed by atoms with E-state index in [1.54, 1.807) is 29.2 Å². The van der Waals surface area contributed by atoms with E-state index < -0.39 is 15.9 Å². The molecule has 2 aliphatic rings. The smallest absolute Gasteiger partial charge is 0.407 e. The molecular weight excluding hydrogens is 478 g/mol. The van der Waals surface area contributed by atoms with Crippen LogP contribution in [0.2, 0.25) is 0 Å². The van der Waals surface area contributed by atoms with Crippen LogP contribution in [0.1, 0.15) is 54.9 Å². The summed E-state index contributed by atoms with van der Waals surface area (Å²) >= 11 is 0. The van der Waals surface area contributed by atoms with E-state index in [1.165, 1.54) is 4.90 Å². The summed E-state index contributed by atoms with van der Waals surface area (Å²) < 4.78 is 25.7. The second-order valence-corrected chi connectivity index (χ2v) is 11.6. The Labute approximate surface area is 213 Å². The van der Waals surface area contributed by atoms with Gasteiger partial charge in [-0.3, -0.25) is 4.79 Å². The van der Waals surface area contributed by atoms with Crippen LogP contribution in [0.5, 0.6) is 0 Å². The lowest BCUT2D eigenvalue weighted by atomic mass is 10.1. The summed E-state index contributed by atoms with van der Waals surface area (Å²) in [5.74, 6) is 0.0392. The highest BCUT2D eigenvalue weighted by atomic mass is 32.2. The molecule has 4 rings (SSSR count). The van der Waals surface area contributed by atoms with E-state index in [1.807, 2.05) is 18.2 Å². The second-order valence-electron chi connectivity index (χ2n) is 9.54. The largest absolute Gasteiger partial charge is 0.465 e. The van der Waals surface area contributed by atoms with Gasteiger partial charge in [-0.05, 0) is 54.8 Å². The van der Waals surface area contributed by atoms with Crippen molar-refractivity contribution < 1.29 is 23.1 Å². The number of piperazine rings is 1. The van der Waals surface area contributed by atoms with Crippen LogP contribution in [-0.4, -0.2) is 68.9 Å². The van der Waals surface area contributed by atoms with Gasteiger partial charge in [-0.2, -0.15) is 0 Å². The molecule has 9 heteroatoms. The van der Waals surface area contributed by atoms with Gasteiger partial charge in [0.2, 0.25) is 0 Å². The van der Waals surface area contributed by atoms with E-state index in [2.05, 4.69) is 11.8 Å². The van der Waals surface area contributed by atoms with Gasteiger partial charge in [-0.15, -0.1) is 0 Å². The zero-order chi connectivity index (χ0) is 25.7. The van der Waals surface area contributed by atoms with Crippen LogP contribution >= 0.6 is 0 Å². The zero-order valence-electron chi connectivity index (χ0n) is 20.9. The normalized spacial score (nSPS) is 15.8. The Hall–Kier alpha value is -3.07. The number of anilines is 2. The van der Waals surface area contributed by atoms with E-state index in [4.69, 9.17) is 5.11 Å². The SMILES string of the molecule is CCCCCCCS(=O)(=O)c1ccc2c(c1)CCN2C(=O)c1cccc(N2CCN(C(=O)O)CC2)c1. The maximum absolute atomic E-state index is 13.4. The van der Waals surface area contributed by atoms with Crippen molar-refractivity contribution in [2.45, 2.75) is 50.3 Å². The summed E-state index contributed by atoms with van der Waals surface area (Å²) in [6.07, 6.45) is 4.63. The molecule has 0 bridgehead atoms. The van der Waals surface area contributed by atoms with Gasteiger partial charge < -0.3 is 19.8 Å². The maximum atomic E-state index is 13.4. The third kappa shape index (κ3) is 5.83. The molecule has 1 N–H and O–H groups in total. The van der Waals surface area contributed by atoms with Crippen molar-refractivity contribution in [3.63, 3.8) is 0 Å². The standard InChI is InChI=1S/C27H35N3O5S/c1-2-3-4-5-6-18-36(34,35)24-10-11-25-21(20-24)12-13-30(25)26(31)22-8-7-9-23(19-22)28-14-16-29(17-15-28)27(32)33/h7-11,19-20H,2-6,12-18H2,1H3,(H,32,33). The number of unbranched alkanes of at least 4 members (excludes halogenated alkanes) is 4. The lowest BCUT2D eigenvalue weighted by molar-refractivity contribution is 0.0989. The third-order valence-corrected chi connectivity index (χ3v) is 8.87. The molecule has 0 unspecified atom stereocenters. The average Bonchev–Trinajstić information content (AvgIpc) is 3.31. The Morgan fingerprint density at radius 2 is 1.67 bits per heavy atom. The predicted molar refractivity (Wildman–Crippen MR) is 141 cm³/mol. The molecule has 2 heterocycles. The minimum absolute atomic E-state index is 0.119. The molecule has 0 spiro atoms. The summed E-state index contributed by atoms with van der Waals surface area (Å²) in [5.41, 5.74) is 3.11. The maximum Gasteiger partial charge on any atom is 0.407 e. The van der Waals surface area contributed by atoms with Crippen LogP contribution in [-0.2, 0) is 16.3 Å². The number of fused-ring (bicyclic) bond motifs is 1. The first-order valence-corrected chi connectivity index (χ1v) is 14.5. The molecule has 1 fully saturated rings. The van der Waals surface area contributed by atoms with E-state index in [0.717, 1.165) is 42.6 Å². The van der Waals surface area contributed by atoms with Crippen molar-refractivity contribution in [2.24, 2.45) is 0 Å². The van der Waals surface area contributed by atoms with Gasteiger partial charge in [0.25, 0.3) is 5.91 Å². The van der Waals surface area contributed by atoms with Crippen molar-refractivity contribution in [2.75, 3.05) is 48.3 Å². The second kappa shape index (κ2) is 11.3. The third-order valence-electron chi connectivity index (χ3n) is 7.08. The minimum Gasteiger partial charge on any atom is -0.465 e. The fourth-order valence-electron chi connectivity index (χ4n) is 4.94. The van der Waals surface area contributed by atoms with Gasteiger partial charge in [0.1, 0.15) is 0 Å². The van der Waals surface area contributed by atoms with Gasteiger partial charge in [-0.1, -0.05) is 38.7 Å². The van der Waals surface area contributed by atoms with E-state index >= 15 is 0 Å². The average molecular weight is 514 g/mol. The molecule has 194 valence electrons.